The van der Waals surface area contributed by atoms with Gasteiger partial charge >= 0.3 is 5.97 Å². The van der Waals surface area contributed by atoms with Crippen LogP contribution in [0.4, 0.5) is 0 Å². The number of aromatic nitrogens is 1. The lowest BCUT2D eigenvalue weighted by Crippen LogP contribution is -2.27. The predicted molar refractivity (Wildman–Crippen MR) is 111 cm³/mol. The average Bonchev–Trinajstić information content (AvgIpc) is 3.05. The van der Waals surface area contributed by atoms with Crippen molar-refractivity contribution in [1.29, 1.82) is 0 Å². The van der Waals surface area contributed by atoms with Crippen LogP contribution in [0.3, 0.4) is 0 Å². The minimum atomic E-state index is -1.01. The molecule has 0 radical (unpaired) electrons. The number of thiazole rings is 1. The van der Waals surface area contributed by atoms with Gasteiger partial charge in [0.15, 0.2) is 4.80 Å². The summed E-state index contributed by atoms with van der Waals surface area (Å²) in [5, 5.41) is 12.2. The highest BCUT2D eigenvalue weighted by Crippen LogP contribution is 2.24. The first kappa shape index (κ1) is 20.5. The Morgan fingerprint density at radius 3 is 2.38 bits per heavy atom. The van der Waals surface area contributed by atoms with Crippen LogP contribution in [0.15, 0.2) is 47.5 Å². The number of carboxylic acids is 1. The van der Waals surface area contributed by atoms with Gasteiger partial charge in [0.2, 0.25) is 0 Å². The van der Waals surface area contributed by atoms with Crippen molar-refractivity contribution in [2.75, 3.05) is 7.05 Å². The second-order valence-corrected chi connectivity index (χ2v) is 7.57. The summed E-state index contributed by atoms with van der Waals surface area (Å²) in [6.07, 6.45) is 0.324. The van der Waals surface area contributed by atoms with E-state index in [0.29, 0.717) is 27.8 Å². The highest BCUT2D eigenvalue weighted by molar-refractivity contribution is 7.16. The minimum absolute atomic E-state index is 0.244. The van der Waals surface area contributed by atoms with Gasteiger partial charge in [-0.3, -0.25) is 9.59 Å². The number of rotatable bonds is 5. The summed E-state index contributed by atoms with van der Waals surface area (Å²) in [4.78, 5) is 41.0. The Kier molecular flexibility index (Phi) is 5.93. The highest BCUT2D eigenvalue weighted by Gasteiger charge is 2.22. The van der Waals surface area contributed by atoms with Gasteiger partial charge in [-0.25, -0.2) is 4.79 Å². The monoisotopic (exact) mass is 411 g/mol. The van der Waals surface area contributed by atoms with Gasteiger partial charge in [0.25, 0.3) is 11.8 Å². The molecule has 2 aromatic carbocycles. The van der Waals surface area contributed by atoms with Crippen molar-refractivity contribution in [3.05, 3.63) is 64.0 Å². The third-order valence-electron chi connectivity index (χ3n) is 4.60. The molecule has 3 aromatic rings. The number of aryl methyl sites for hydroxylation is 1. The van der Waals surface area contributed by atoms with E-state index in [1.54, 1.807) is 48.9 Å². The number of hydrogen-bond donors (Lipinski definition) is 2. The number of benzene rings is 2. The zero-order valence-electron chi connectivity index (χ0n) is 16.3. The highest BCUT2D eigenvalue weighted by atomic mass is 32.1. The van der Waals surface area contributed by atoms with Gasteiger partial charge in [-0.1, -0.05) is 36.0 Å². The fraction of sp³-hybridized carbons (Fsp3) is 0.238. The summed E-state index contributed by atoms with van der Waals surface area (Å²) in [6.45, 7) is 3.69. The first-order valence-electron chi connectivity index (χ1n) is 9.11. The van der Waals surface area contributed by atoms with Crippen LogP contribution in [-0.2, 0) is 4.79 Å². The molecule has 0 spiro atoms. The van der Waals surface area contributed by atoms with Crippen molar-refractivity contribution in [1.82, 2.24) is 9.88 Å². The molecule has 0 saturated carbocycles. The summed E-state index contributed by atoms with van der Waals surface area (Å²) < 4.78 is 2.24. The Morgan fingerprint density at radius 1 is 1.14 bits per heavy atom. The molecular formula is C21H21N3O4S. The maximum absolute atomic E-state index is 12.7. The van der Waals surface area contributed by atoms with Gasteiger partial charge in [0.1, 0.15) is 6.04 Å². The maximum atomic E-state index is 12.7. The van der Waals surface area contributed by atoms with E-state index in [0.717, 1.165) is 5.56 Å². The Morgan fingerprint density at radius 2 is 1.79 bits per heavy atom. The molecule has 0 aliphatic heterocycles. The number of aliphatic carboxylic acids is 1. The van der Waals surface area contributed by atoms with Crippen molar-refractivity contribution in [2.45, 2.75) is 26.3 Å². The normalized spacial score (nSPS) is 12.7. The summed E-state index contributed by atoms with van der Waals surface area (Å²) in [7, 11) is 1.54. The molecule has 8 heteroatoms. The molecule has 1 atom stereocenters. The van der Waals surface area contributed by atoms with Gasteiger partial charge in [-0.15, -0.1) is 0 Å². The molecule has 2 N–H and O–H groups in total. The van der Waals surface area contributed by atoms with Crippen molar-refractivity contribution >= 4 is 39.3 Å². The fourth-order valence-corrected chi connectivity index (χ4v) is 4.13. The van der Waals surface area contributed by atoms with Gasteiger partial charge in [0.05, 0.1) is 10.2 Å². The summed E-state index contributed by atoms with van der Waals surface area (Å²) >= 11 is 1.19. The van der Waals surface area contributed by atoms with Crippen LogP contribution < -0.4 is 10.1 Å². The number of nitrogens with one attached hydrogen (secondary N) is 1. The Labute approximate surface area is 171 Å². The van der Waals surface area contributed by atoms with Crippen molar-refractivity contribution in [3.63, 3.8) is 0 Å². The lowest BCUT2D eigenvalue weighted by Gasteiger charge is -2.13. The molecule has 29 heavy (non-hydrogen) atoms. The number of hydrogen-bond acceptors (Lipinski definition) is 4. The molecular weight excluding hydrogens is 390 g/mol. The summed E-state index contributed by atoms with van der Waals surface area (Å²) in [6, 6.07) is 11.2. The van der Waals surface area contributed by atoms with Crippen LogP contribution >= 0.6 is 11.3 Å². The molecule has 150 valence electrons. The largest absolute Gasteiger partial charge is 0.480 e. The van der Waals surface area contributed by atoms with E-state index in [9.17, 15) is 19.5 Å². The predicted octanol–water partition coefficient (Wildman–Crippen LogP) is 3.15. The SMILES string of the molecule is CCC(C(=O)O)n1c(=NC(=O)c2ccc(C)cc2)sc2cc(C(=O)NC)ccc21. The van der Waals surface area contributed by atoms with E-state index in [-0.39, 0.29) is 10.7 Å². The second-order valence-electron chi connectivity index (χ2n) is 6.56. The molecule has 0 aliphatic carbocycles. The molecule has 0 bridgehead atoms. The molecule has 1 aromatic heterocycles. The van der Waals surface area contributed by atoms with Crippen LogP contribution in [0.1, 0.15) is 45.7 Å². The van der Waals surface area contributed by atoms with E-state index < -0.39 is 17.9 Å². The lowest BCUT2D eigenvalue weighted by atomic mass is 10.1. The molecule has 0 fully saturated rings. The quantitative estimate of drug-likeness (QED) is 0.673. The van der Waals surface area contributed by atoms with Crippen LogP contribution in [0.25, 0.3) is 10.2 Å². The lowest BCUT2D eigenvalue weighted by molar-refractivity contribution is -0.140. The zero-order chi connectivity index (χ0) is 21.1. The molecule has 1 unspecified atom stereocenters. The van der Waals surface area contributed by atoms with E-state index >= 15 is 0 Å². The van der Waals surface area contributed by atoms with Gasteiger partial charge in [0, 0.05) is 18.2 Å². The van der Waals surface area contributed by atoms with Crippen LogP contribution in [0.2, 0.25) is 0 Å². The molecule has 1 heterocycles. The molecule has 3 rings (SSSR count). The van der Waals surface area contributed by atoms with Crippen LogP contribution in [0, 0.1) is 6.92 Å². The number of carbonyl (C=O) groups is 3. The van der Waals surface area contributed by atoms with Gasteiger partial charge in [-0.05, 0) is 43.7 Å². The minimum Gasteiger partial charge on any atom is -0.480 e. The fourth-order valence-electron chi connectivity index (χ4n) is 3.02. The smallest absolute Gasteiger partial charge is 0.326 e. The average molecular weight is 411 g/mol. The van der Waals surface area contributed by atoms with Crippen LogP contribution in [0.5, 0.6) is 0 Å². The Balaban J connectivity index is 2.22. The summed E-state index contributed by atoms with van der Waals surface area (Å²) in [5.74, 6) is -1.70. The number of amides is 2. The van der Waals surface area contributed by atoms with Crippen molar-refractivity contribution in [2.24, 2.45) is 4.99 Å². The number of fused-ring (bicyclic) bond motifs is 1. The molecule has 0 aliphatic rings. The number of carboxylic acid groups (broad SMARTS) is 1. The Hall–Kier alpha value is -3.26. The summed E-state index contributed by atoms with van der Waals surface area (Å²) in [5.41, 5.74) is 2.52. The van der Waals surface area contributed by atoms with E-state index in [4.69, 9.17) is 0 Å². The van der Waals surface area contributed by atoms with E-state index in [1.165, 1.54) is 11.3 Å². The number of carbonyl (C=O) groups excluding carboxylic acids is 2. The first-order chi connectivity index (χ1) is 13.8. The van der Waals surface area contributed by atoms with Crippen molar-refractivity contribution in [3.8, 4) is 0 Å². The van der Waals surface area contributed by atoms with Gasteiger partial charge < -0.3 is 15.0 Å². The Bertz CT molecular complexity index is 1160. The van der Waals surface area contributed by atoms with Crippen LogP contribution in [-0.4, -0.2) is 34.5 Å². The topological polar surface area (TPSA) is 101 Å². The molecule has 2 amide bonds. The van der Waals surface area contributed by atoms with Crippen molar-refractivity contribution < 1.29 is 19.5 Å². The first-order valence-corrected chi connectivity index (χ1v) is 9.93. The van der Waals surface area contributed by atoms with Gasteiger partial charge in [-0.2, -0.15) is 4.99 Å². The standard InChI is InChI=1S/C21H21N3O4S/c1-4-15(20(27)28)24-16-10-9-14(18(25)22-3)11-17(16)29-21(24)23-19(26)13-7-5-12(2)6-8-13/h5-11,15H,4H2,1-3H3,(H,22,25)(H,27,28). The maximum Gasteiger partial charge on any atom is 0.326 e. The van der Waals surface area contributed by atoms with E-state index in [1.807, 2.05) is 19.1 Å². The molecule has 0 saturated heterocycles. The molecule has 7 nitrogen and oxygen atoms in total. The number of nitrogens with zero attached hydrogens (tertiary/aromatic N) is 2. The van der Waals surface area contributed by atoms with E-state index in [2.05, 4.69) is 10.3 Å². The third kappa shape index (κ3) is 4.12. The third-order valence-corrected chi connectivity index (χ3v) is 5.61. The second kappa shape index (κ2) is 8.40. The zero-order valence-corrected chi connectivity index (χ0v) is 17.1.